The molecule has 7 heteroatoms. The van der Waals surface area contributed by atoms with Gasteiger partial charge < -0.3 is 4.74 Å². The van der Waals surface area contributed by atoms with Crippen LogP contribution in [-0.4, -0.2) is 32.4 Å². The van der Waals surface area contributed by atoms with Crippen molar-refractivity contribution in [2.45, 2.75) is 52.1 Å². The Hall–Kier alpha value is -0.830. The zero-order valence-corrected chi connectivity index (χ0v) is 21.3. The van der Waals surface area contributed by atoms with Crippen molar-refractivity contribution in [1.82, 2.24) is 0 Å². The summed E-state index contributed by atoms with van der Waals surface area (Å²) in [6.45, 7) is 10.5. The van der Waals surface area contributed by atoms with Gasteiger partial charge in [-0.1, -0.05) is 11.6 Å². The fraction of sp³-hybridized carbons (Fsp3) is 0.625. The fourth-order valence-electron chi connectivity index (χ4n) is 6.23. The number of carbonyl (C=O) groups excluding carboxylic acids is 1. The van der Waals surface area contributed by atoms with Crippen molar-refractivity contribution in [1.29, 1.82) is 0 Å². The van der Waals surface area contributed by atoms with Crippen LogP contribution < -0.4 is 26.8 Å². The molecule has 1 aliphatic heterocycles. The number of carbonyl (C=O) groups is 1. The SMILES string of the molecule is C=C1CCC2[C@]3(C)CO[I-]O[C@@H]3CC[C@@]2(C)[C@@H]1CCOc1cc(Cl)ccc1C(=O)OC. The van der Waals surface area contributed by atoms with Gasteiger partial charge in [-0.3, -0.25) is 0 Å². The molecule has 1 unspecified atom stereocenters. The van der Waals surface area contributed by atoms with Crippen LogP contribution >= 0.6 is 11.6 Å². The monoisotopic (exact) mass is 561 g/mol. The van der Waals surface area contributed by atoms with E-state index in [0.717, 1.165) is 38.7 Å². The number of benzene rings is 1. The van der Waals surface area contributed by atoms with Gasteiger partial charge in [-0.2, -0.15) is 0 Å². The first kappa shape index (κ1) is 23.3. The summed E-state index contributed by atoms with van der Waals surface area (Å²) in [6.07, 6.45) is 5.57. The summed E-state index contributed by atoms with van der Waals surface area (Å²) in [5.74, 6) is 0.944. The van der Waals surface area contributed by atoms with Gasteiger partial charge in [0.05, 0.1) is 7.11 Å². The Kier molecular flexibility index (Phi) is 6.92. The summed E-state index contributed by atoms with van der Waals surface area (Å²) in [4.78, 5) is 12.1. The number of methoxy groups -OCH3 is 1. The number of ether oxygens (including phenoxy) is 2. The normalized spacial score (nSPS) is 35.4. The molecule has 0 N–H and O–H groups in total. The van der Waals surface area contributed by atoms with E-state index in [2.05, 4.69) is 20.4 Å². The molecule has 0 amide bonds. The molecule has 2 saturated carbocycles. The van der Waals surface area contributed by atoms with Gasteiger partial charge in [0, 0.05) is 0 Å². The molecule has 0 bridgehead atoms. The van der Waals surface area contributed by atoms with E-state index in [0.29, 0.717) is 40.9 Å². The number of fused-ring (bicyclic) bond motifs is 3. The van der Waals surface area contributed by atoms with Crippen molar-refractivity contribution in [2.75, 3.05) is 20.3 Å². The molecule has 0 spiro atoms. The number of allylic oxidation sites excluding steroid dienone is 1. The van der Waals surface area contributed by atoms with Crippen molar-refractivity contribution < 1.29 is 42.4 Å². The first-order chi connectivity index (χ1) is 14.8. The molecule has 172 valence electrons. The van der Waals surface area contributed by atoms with Crippen molar-refractivity contribution in [2.24, 2.45) is 22.7 Å². The molecule has 2 aliphatic carbocycles. The zero-order chi connectivity index (χ0) is 22.2. The first-order valence-corrected chi connectivity index (χ1v) is 13.0. The van der Waals surface area contributed by atoms with Gasteiger partial charge in [0.1, 0.15) is 0 Å². The molecule has 3 aliphatic rings. The Labute approximate surface area is 201 Å². The van der Waals surface area contributed by atoms with E-state index in [4.69, 9.17) is 27.2 Å². The average molecular weight is 562 g/mol. The van der Waals surface area contributed by atoms with Crippen LogP contribution in [0.3, 0.4) is 0 Å². The second-order valence-electron chi connectivity index (χ2n) is 9.52. The van der Waals surface area contributed by atoms with Crippen LogP contribution in [0.1, 0.15) is 56.3 Å². The van der Waals surface area contributed by atoms with E-state index in [1.165, 1.54) is 12.7 Å². The van der Waals surface area contributed by atoms with E-state index in [9.17, 15) is 4.79 Å². The molecular weight excluding hydrogens is 531 g/mol. The molecule has 31 heavy (non-hydrogen) atoms. The third-order valence-electron chi connectivity index (χ3n) is 7.88. The van der Waals surface area contributed by atoms with Gasteiger partial charge in [0.15, 0.2) is 0 Å². The van der Waals surface area contributed by atoms with Crippen LogP contribution in [0.4, 0.5) is 0 Å². The maximum atomic E-state index is 12.1. The van der Waals surface area contributed by atoms with E-state index in [1.807, 2.05) is 0 Å². The summed E-state index contributed by atoms with van der Waals surface area (Å²) in [5.41, 5.74) is 1.92. The third-order valence-corrected chi connectivity index (χ3v) is 9.51. The number of esters is 1. The van der Waals surface area contributed by atoms with Crippen LogP contribution in [0.25, 0.3) is 0 Å². The molecule has 5 atom stereocenters. The Morgan fingerprint density at radius 2 is 2.13 bits per heavy atom. The van der Waals surface area contributed by atoms with Crippen molar-refractivity contribution in [3.05, 3.63) is 40.9 Å². The van der Waals surface area contributed by atoms with Crippen molar-refractivity contribution >= 4 is 17.6 Å². The topological polar surface area (TPSA) is 54.0 Å². The molecule has 1 aromatic rings. The Morgan fingerprint density at radius 1 is 1.32 bits per heavy atom. The van der Waals surface area contributed by atoms with Crippen LogP contribution in [-0.2, 0) is 10.9 Å². The molecule has 1 aromatic carbocycles. The molecule has 3 fully saturated rings. The summed E-state index contributed by atoms with van der Waals surface area (Å²) in [6, 6.07) is 5.00. The van der Waals surface area contributed by atoms with E-state index in [-0.39, 0.29) is 10.8 Å². The van der Waals surface area contributed by atoms with Crippen LogP contribution in [0, 0.1) is 22.7 Å². The minimum absolute atomic E-state index is 0.0653. The summed E-state index contributed by atoms with van der Waals surface area (Å²) >= 11 is 5.58. The Morgan fingerprint density at radius 3 is 2.90 bits per heavy atom. The van der Waals surface area contributed by atoms with Crippen LogP contribution in [0.5, 0.6) is 5.75 Å². The molecule has 5 nitrogen and oxygen atoms in total. The fourth-order valence-corrected chi connectivity index (χ4v) is 8.43. The van der Waals surface area contributed by atoms with E-state index < -0.39 is 28.0 Å². The van der Waals surface area contributed by atoms with Crippen LogP contribution in [0.15, 0.2) is 30.4 Å². The molecule has 1 heterocycles. The zero-order valence-electron chi connectivity index (χ0n) is 18.4. The van der Waals surface area contributed by atoms with Gasteiger partial charge in [-0.05, 0) is 6.07 Å². The number of hydrogen-bond acceptors (Lipinski definition) is 5. The van der Waals surface area contributed by atoms with Gasteiger partial charge in [-0.15, -0.1) is 0 Å². The minimum Gasteiger partial charge on any atom is -0.465 e. The first-order valence-electron chi connectivity index (χ1n) is 10.9. The molecule has 1 saturated heterocycles. The summed E-state index contributed by atoms with van der Waals surface area (Å²) < 4.78 is 23.0. The number of rotatable bonds is 5. The van der Waals surface area contributed by atoms with Gasteiger partial charge in [-0.25, -0.2) is 4.79 Å². The van der Waals surface area contributed by atoms with Gasteiger partial charge in [0.25, 0.3) is 0 Å². The van der Waals surface area contributed by atoms with Crippen molar-refractivity contribution in [3.63, 3.8) is 0 Å². The van der Waals surface area contributed by atoms with Crippen molar-refractivity contribution in [3.8, 4) is 5.75 Å². The van der Waals surface area contributed by atoms with Gasteiger partial charge >= 0.3 is 167 Å². The second-order valence-corrected chi connectivity index (χ2v) is 11.4. The maximum absolute atomic E-state index is 12.1. The molecule has 0 radical (unpaired) electrons. The molecular formula is C24H31ClIO5-. The van der Waals surface area contributed by atoms with Crippen LogP contribution in [0.2, 0.25) is 5.02 Å². The second kappa shape index (κ2) is 9.20. The number of hydrogen-bond donors (Lipinski definition) is 0. The quantitative estimate of drug-likeness (QED) is 0.314. The standard InChI is InChI=1S/C24H31ClIO5/c1-15-5-8-20-23(2,11-9-21-24(20,3)14-30-26-31-21)18(15)10-12-29-19-13-16(25)6-7-17(19)22(27)28-4/h6-7,13,18,20-21H,1,5,8-12,14H2,2-4H3/q-1/t18-,20?,21-,23+,24+/m1/s1. The average Bonchev–Trinajstić information content (AvgIpc) is 2.74. The van der Waals surface area contributed by atoms with E-state index in [1.54, 1.807) is 18.2 Å². The molecule has 4 rings (SSSR count). The predicted octanol–water partition coefficient (Wildman–Crippen LogP) is 2.62. The smallest absolute Gasteiger partial charge is 0.465 e. The molecule has 0 aromatic heterocycles. The Balaban J connectivity index is 1.50. The third kappa shape index (κ3) is 4.25. The predicted molar refractivity (Wildman–Crippen MR) is 115 cm³/mol. The Bertz CT molecular complexity index is 860. The minimum atomic E-state index is -0.562. The summed E-state index contributed by atoms with van der Waals surface area (Å²) in [5, 5.41) is 0.531. The summed E-state index contributed by atoms with van der Waals surface area (Å²) in [7, 11) is 1.37. The van der Waals surface area contributed by atoms with E-state index >= 15 is 0 Å². The van der Waals surface area contributed by atoms with Gasteiger partial charge in [0.2, 0.25) is 0 Å². The number of halogens is 2.